The van der Waals surface area contributed by atoms with Gasteiger partial charge >= 0.3 is 5.97 Å². The van der Waals surface area contributed by atoms with Crippen LogP contribution in [-0.2, 0) is 19.6 Å². The molecule has 132 valence electrons. The van der Waals surface area contributed by atoms with E-state index in [-0.39, 0.29) is 16.8 Å². The molecule has 0 saturated carbocycles. The zero-order chi connectivity index (χ0) is 17.7. The van der Waals surface area contributed by atoms with Crippen LogP contribution < -0.4 is 10.5 Å². The second kappa shape index (κ2) is 7.91. The van der Waals surface area contributed by atoms with E-state index in [9.17, 15) is 13.2 Å². The van der Waals surface area contributed by atoms with Gasteiger partial charge in [-0.1, -0.05) is 0 Å². The van der Waals surface area contributed by atoms with Crippen molar-refractivity contribution in [3.63, 3.8) is 0 Å². The van der Waals surface area contributed by atoms with Crippen LogP contribution in [0.3, 0.4) is 0 Å². The fourth-order valence-corrected chi connectivity index (χ4v) is 3.34. The Morgan fingerprint density at radius 3 is 2.67 bits per heavy atom. The first-order chi connectivity index (χ1) is 11.3. The molecule has 0 aliphatic carbocycles. The van der Waals surface area contributed by atoms with Gasteiger partial charge in [0.1, 0.15) is 0 Å². The highest BCUT2D eigenvalue weighted by atomic mass is 32.2. The molecule has 1 saturated heterocycles. The number of hydrogen-bond donors (Lipinski definition) is 2. The number of piperidine rings is 1. The van der Waals surface area contributed by atoms with E-state index in [1.54, 1.807) is 19.1 Å². The number of thiocarbonyl (C=S) groups is 1. The smallest absolute Gasteiger partial charge is 0.310 e. The minimum atomic E-state index is -3.71. The largest absolute Gasteiger partial charge is 0.466 e. The average Bonchev–Trinajstić information content (AvgIpc) is 2.55. The van der Waals surface area contributed by atoms with E-state index in [1.165, 1.54) is 12.1 Å². The van der Waals surface area contributed by atoms with E-state index in [0.29, 0.717) is 24.0 Å². The maximum absolute atomic E-state index is 11.9. The van der Waals surface area contributed by atoms with Crippen molar-refractivity contribution in [2.75, 3.05) is 25.0 Å². The van der Waals surface area contributed by atoms with Gasteiger partial charge in [-0.25, -0.2) is 13.6 Å². The third-order valence-electron chi connectivity index (χ3n) is 3.76. The van der Waals surface area contributed by atoms with Crippen molar-refractivity contribution in [3.8, 4) is 0 Å². The number of hydrogen-bond acceptors (Lipinski definition) is 5. The van der Waals surface area contributed by atoms with Crippen LogP contribution in [0, 0.1) is 5.92 Å². The molecule has 0 bridgehead atoms. The Hall–Kier alpha value is -1.71. The highest BCUT2D eigenvalue weighted by Crippen LogP contribution is 2.20. The SMILES string of the molecule is CCOC(=O)[C@H]1CCCN(C(=S)Nc2ccc(S(N)(=O)=O)cc2)C1. The predicted molar refractivity (Wildman–Crippen MR) is 95.0 cm³/mol. The van der Waals surface area contributed by atoms with Gasteiger partial charge < -0.3 is 15.0 Å². The van der Waals surface area contributed by atoms with E-state index < -0.39 is 10.0 Å². The van der Waals surface area contributed by atoms with Crippen molar-refractivity contribution in [1.82, 2.24) is 4.90 Å². The van der Waals surface area contributed by atoms with Crippen LogP contribution >= 0.6 is 12.2 Å². The maximum Gasteiger partial charge on any atom is 0.310 e. The predicted octanol–water partition coefficient (Wildman–Crippen LogP) is 1.31. The topological polar surface area (TPSA) is 102 Å². The zero-order valence-electron chi connectivity index (χ0n) is 13.4. The molecule has 0 radical (unpaired) electrons. The van der Waals surface area contributed by atoms with Crippen LogP contribution in [0.15, 0.2) is 29.2 Å². The number of sulfonamides is 1. The molecule has 0 unspecified atom stereocenters. The number of anilines is 1. The highest BCUT2D eigenvalue weighted by Gasteiger charge is 2.28. The molecule has 1 aliphatic heterocycles. The zero-order valence-corrected chi connectivity index (χ0v) is 15.0. The lowest BCUT2D eigenvalue weighted by molar-refractivity contribution is -0.149. The van der Waals surface area contributed by atoms with E-state index in [0.717, 1.165) is 19.4 Å². The molecule has 0 aromatic heterocycles. The second-order valence-electron chi connectivity index (χ2n) is 5.54. The number of likely N-dealkylation sites (tertiary alicyclic amines) is 1. The van der Waals surface area contributed by atoms with Crippen LogP contribution in [0.25, 0.3) is 0 Å². The molecule has 1 fully saturated rings. The summed E-state index contributed by atoms with van der Waals surface area (Å²) in [4.78, 5) is 13.8. The summed E-state index contributed by atoms with van der Waals surface area (Å²) in [6.45, 7) is 3.43. The summed E-state index contributed by atoms with van der Waals surface area (Å²) < 4.78 is 27.6. The van der Waals surface area contributed by atoms with Crippen LogP contribution in [-0.4, -0.2) is 44.1 Å². The van der Waals surface area contributed by atoms with Crippen LogP contribution in [0.5, 0.6) is 0 Å². The van der Waals surface area contributed by atoms with Gasteiger partial charge in [0.25, 0.3) is 0 Å². The summed E-state index contributed by atoms with van der Waals surface area (Å²) in [5, 5.41) is 8.61. The molecule has 9 heteroatoms. The molecular weight excluding hydrogens is 350 g/mol. The molecule has 1 aromatic rings. The lowest BCUT2D eigenvalue weighted by Gasteiger charge is -2.33. The van der Waals surface area contributed by atoms with Crippen molar-refractivity contribution < 1.29 is 17.9 Å². The number of nitrogens with two attached hydrogens (primary N) is 1. The summed E-state index contributed by atoms with van der Waals surface area (Å²) in [7, 11) is -3.71. The first-order valence-corrected chi connectivity index (χ1v) is 9.62. The third-order valence-corrected chi connectivity index (χ3v) is 5.05. The molecule has 1 aromatic carbocycles. The number of primary sulfonamides is 1. The minimum Gasteiger partial charge on any atom is -0.466 e. The number of nitrogens with zero attached hydrogens (tertiary/aromatic N) is 1. The Bertz CT molecular complexity index is 704. The number of nitrogens with one attached hydrogen (secondary N) is 1. The summed E-state index contributed by atoms with van der Waals surface area (Å²) in [5.41, 5.74) is 0.658. The molecule has 1 heterocycles. The van der Waals surface area contributed by atoms with E-state index in [4.69, 9.17) is 22.1 Å². The molecule has 0 spiro atoms. The van der Waals surface area contributed by atoms with Gasteiger partial charge in [0.05, 0.1) is 17.4 Å². The fraction of sp³-hybridized carbons (Fsp3) is 0.467. The average molecular weight is 371 g/mol. The van der Waals surface area contributed by atoms with Crippen LogP contribution in [0.2, 0.25) is 0 Å². The van der Waals surface area contributed by atoms with Crippen molar-refractivity contribution in [1.29, 1.82) is 0 Å². The molecule has 24 heavy (non-hydrogen) atoms. The van der Waals surface area contributed by atoms with Crippen molar-refractivity contribution in [2.45, 2.75) is 24.7 Å². The normalized spacial score (nSPS) is 18.1. The molecular formula is C15H21N3O4S2. The molecule has 2 rings (SSSR count). The molecule has 1 atom stereocenters. The maximum atomic E-state index is 11.9. The number of carbonyl (C=O) groups excluding carboxylic acids is 1. The van der Waals surface area contributed by atoms with Gasteiger partial charge in [0, 0.05) is 18.8 Å². The van der Waals surface area contributed by atoms with Crippen LogP contribution in [0.1, 0.15) is 19.8 Å². The lowest BCUT2D eigenvalue weighted by Crippen LogP contribution is -2.44. The Morgan fingerprint density at radius 2 is 2.08 bits per heavy atom. The van der Waals surface area contributed by atoms with Gasteiger partial charge in [-0.05, 0) is 56.2 Å². The first-order valence-electron chi connectivity index (χ1n) is 7.66. The number of carbonyl (C=O) groups is 1. The van der Waals surface area contributed by atoms with Crippen LogP contribution in [0.4, 0.5) is 5.69 Å². The quantitative estimate of drug-likeness (QED) is 0.608. The molecule has 0 amide bonds. The Kier molecular flexibility index (Phi) is 6.14. The number of ether oxygens (including phenoxy) is 1. The molecule has 7 nitrogen and oxygen atoms in total. The van der Waals surface area contributed by atoms with Gasteiger partial charge in [-0.3, -0.25) is 4.79 Å². The summed E-state index contributed by atoms with van der Waals surface area (Å²) in [6.07, 6.45) is 1.65. The Morgan fingerprint density at radius 1 is 1.42 bits per heavy atom. The molecule has 3 N–H and O–H groups in total. The van der Waals surface area contributed by atoms with Crippen molar-refractivity contribution in [3.05, 3.63) is 24.3 Å². The molecule has 1 aliphatic rings. The van der Waals surface area contributed by atoms with E-state index >= 15 is 0 Å². The summed E-state index contributed by atoms with van der Waals surface area (Å²) in [6, 6.07) is 6.02. The van der Waals surface area contributed by atoms with E-state index in [2.05, 4.69) is 5.32 Å². The third kappa shape index (κ3) is 4.89. The van der Waals surface area contributed by atoms with E-state index in [1.807, 2.05) is 4.90 Å². The minimum absolute atomic E-state index is 0.0410. The van der Waals surface area contributed by atoms with Gasteiger partial charge in [-0.15, -0.1) is 0 Å². The lowest BCUT2D eigenvalue weighted by atomic mass is 9.98. The number of rotatable bonds is 4. The van der Waals surface area contributed by atoms with Gasteiger partial charge in [-0.2, -0.15) is 0 Å². The van der Waals surface area contributed by atoms with Crippen molar-refractivity contribution >= 4 is 39.0 Å². The standard InChI is InChI=1S/C15H21N3O4S2/c1-2-22-14(19)11-4-3-9-18(10-11)15(23)17-12-5-7-13(8-6-12)24(16,20)21/h5-8,11H,2-4,9-10H2,1H3,(H,17,23)(H2,16,20,21)/t11-/m0/s1. The number of esters is 1. The highest BCUT2D eigenvalue weighted by molar-refractivity contribution is 7.89. The Labute approximate surface area is 147 Å². The summed E-state index contributed by atoms with van der Waals surface area (Å²) >= 11 is 5.39. The monoisotopic (exact) mass is 371 g/mol. The Balaban J connectivity index is 1.97. The second-order valence-corrected chi connectivity index (χ2v) is 7.48. The van der Waals surface area contributed by atoms with Gasteiger partial charge in [0.2, 0.25) is 10.0 Å². The van der Waals surface area contributed by atoms with Gasteiger partial charge in [0.15, 0.2) is 5.11 Å². The first kappa shape index (κ1) is 18.6. The fourth-order valence-electron chi connectivity index (χ4n) is 2.54. The van der Waals surface area contributed by atoms with Crippen molar-refractivity contribution in [2.24, 2.45) is 11.1 Å². The summed E-state index contributed by atoms with van der Waals surface area (Å²) in [5.74, 6) is -0.370. The number of benzene rings is 1.